The Balaban J connectivity index is 2.36. The normalized spacial score (nSPS) is 17.1. The first-order valence-electron chi connectivity index (χ1n) is 5.88. The monoisotopic (exact) mass is 286 g/mol. The molecule has 0 amide bonds. The van der Waals surface area contributed by atoms with E-state index in [-0.39, 0.29) is 5.97 Å². The van der Waals surface area contributed by atoms with Gasteiger partial charge in [-0.3, -0.25) is 4.79 Å². The van der Waals surface area contributed by atoms with E-state index < -0.39 is 5.41 Å². The lowest BCUT2D eigenvalue weighted by atomic mass is 9.65. The van der Waals surface area contributed by atoms with Crippen LogP contribution in [0.5, 0.6) is 0 Å². The molecule has 4 nitrogen and oxygen atoms in total. The number of hydrogen-bond acceptors (Lipinski definition) is 5. The maximum Gasteiger partial charge on any atom is 0.316 e. The molecule has 1 fully saturated rings. The summed E-state index contributed by atoms with van der Waals surface area (Å²) in [5, 5.41) is 0.976. The maximum atomic E-state index is 12.1. The molecular formula is C12H15ClN2O2S. The summed E-state index contributed by atoms with van der Waals surface area (Å²) in [7, 11) is 0. The van der Waals surface area contributed by atoms with Crippen molar-refractivity contribution in [1.29, 1.82) is 0 Å². The minimum atomic E-state index is -0.621. The average molecular weight is 287 g/mol. The lowest BCUT2D eigenvalue weighted by Crippen LogP contribution is -2.44. The number of carbonyl (C=O) groups excluding carboxylic acids is 1. The van der Waals surface area contributed by atoms with Crippen molar-refractivity contribution in [2.24, 2.45) is 0 Å². The van der Waals surface area contributed by atoms with Gasteiger partial charge >= 0.3 is 5.97 Å². The summed E-state index contributed by atoms with van der Waals surface area (Å²) in [5.41, 5.74) is 0.0796. The van der Waals surface area contributed by atoms with Crippen LogP contribution in [-0.2, 0) is 14.9 Å². The summed E-state index contributed by atoms with van der Waals surface area (Å²) in [6.45, 7) is 2.18. The molecule has 0 atom stereocenters. The molecule has 18 heavy (non-hydrogen) atoms. The number of aromatic nitrogens is 2. The molecule has 0 aliphatic heterocycles. The van der Waals surface area contributed by atoms with Crippen LogP contribution in [0.1, 0.15) is 31.7 Å². The molecule has 1 heterocycles. The van der Waals surface area contributed by atoms with Crippen LogP contribution in [0.4, 0.5) is 0 Å². The van der Waals surface area contributed by atoms with E-state index in [4.69, 9.17) is 16.3 Å². The molecule has 0 aromatic carbocycles. The van der Waals surface area contributed by atoms with Gasteiger partial charge in [0, 0.05) is 11.8 Å². The van der Waals surface area contributed by atoms with Crippen LogP contribution >= 0.6 is 23.4 Å². The van der Waals surface area contributed by atoms with E-state index in [2.05, 4.69) is 9.97 Å². The molecule has 0 unspecified atom stereocenters. The number of rotatable bonds is 4. The van der Waals surface area contributed by atoms with Crippen LogP contribution in [-0.4, -0.2) is 28.8 Å². The van der Waals surface area contributed by atoms with Crippen LogP contribution in [0.25, 0.3) is 0 Å². The van der Waals surface area contributed by atoms with Crippen molar-refractivity contribution >= 4 is 29.3 Å². The smallest absolute Gasteiger partial charge is 0.316 e. The summed E-state index contributed by atoms with van der Waals surface area (Å²) in [6.07, 6.45) is 6.06. The molecule has 0 radical (unpaired) electrons. The maximum absolute atomic E-state index is 12.1. The third-order valence-electron chi connectivity index (χ3n) is 3.29. The van der Waals surface area contributed by atoms with Crippen molar-refractivity contribution in [2.45, 2.75) is 36.8 Å². The van der Waals surface area contributed by atoms with Crippen molar-refractivity contribution in [1.82, 2.24) is 9.97 Å². The van der Waals surface area contributed by atoms with Gasteiger partial charge in [-0.2, -0.15) is 0 Å². The SMILES string of the molecule is CCOC(=O)C1(c2cnc(SC)nc2Cl)CCC1. The van der Waals surface area contributed by atoms with E-state index in [1.54, 1.807) is 13.1 Å². The summed E-state index contributed by atoms with van der Waals surface area (Å²) in [6, 6.07) is 0. The van der Waals surface area contributed by atoms with Gasteiger partial charge in [-0.1, -0.05) is 29.8 Å². The Morgan fingerprint density at radius 3 is 2.78 bits per heavy atom. The van der Waals surface area contributed by atoms with Gasteiger partial charge in [-0.15, -0.1) is 0 Å². The van der Waals surface area contributed by atoms with Gasteiger partial charge in [0.1, 0.15) is 5.15 Å². The molecule has 1 aliphatic rings. The second-order valence-electron chi connectivity index (χ2n) is 4.22. The number of carbonyl (C=O) groups is 1. The number of ether oxygens (including phenoxy) is 1. The predicted molar refractivity (Wildman–Crippen MR) is 71.0 cm³/mol. The van der Waals surface area contributed by atoms with Crippen molar-refractivity contribution in [3.63, 3.8) is 0 Å². The Morgan fingerprint density at radius 2 is 2.33 bits per heavy atom. The van der Waals surface area contributed by atoms with Gasteiger partial charge in [0.05, 0.1) is 12.0 Å². The van der Waals surface area contributed by atoms with Gasteiger partial charge < -0.3 is 4.74 Å². The lowest BCUT2D eigenvalue weighted by molar-refractivity contribution is -0.153. The summed E-state index contributed by atoms with van der Waals surface area (Å²) >= 11 is 7.60. The van der Waals surface area contributed by atoms with E-state index in [0.717, 1.165) is 19.3 Å². The molecule has 98 valence electrons. The first-order valence-corrected chi connectivity index (χ1v) is 7.48. The second kappa shape index (κ2) is 5.45. The van der Waals surface area contributed by atoms with Crippen LogP contribution in [0, 0.1) is 0 Å². The highest BCUT2D eigenvalue weighted by Crippen LogP contribution is 2.46. The number of hydrogen-bond donors (Lipinski definition) is 0. The predicted octanol–water partition coefficient (Wildman–Crippen LogP) is 2.84. The van der Waals surface area contributed by atoms with E-state index in [0.29, 0.717) is 22.5 Å². The topological polar surface area (TPSA) is 52.1 Å². The van der Waals surface area contributed by atoms with E-state index >= 15 is 0 Å². The number of halogens is 1. The third kappa shape index (κ3) is 2.21. The molecule has 0 bridgehead atoms. The molecule has 2 rings (SSSR count). The fourth-order valence-corrected chi connectivity index (χ4v) is 2.85. The molecule has 1 aromatic heterocycles. The van der Waals surface area contributed by atoms with Gasteiger partial charge in [0.2, 0.25) is 0 Å². The molecule has 6 heteroatoms. The summed E-state index contributed by atoms with van der Waals surface area (Å²) in [5.74, 6) is -0.210. The fraction of sp³-hybridized carbons (Fsp3) is 0.583. The quantitative estimate of drug-likeness (QED) is 0.369. The van der Waals surface area contributed by atoms with Crippen molar-refractivity contribution in [3.8, 4) is 0 Å². The van der Waals surface area contributed by atoms with Gasteiger partial charge in [-0.25, -0.2) is 9.97 Å². The molecule has 1 saturated carbocycles. The first-order chi connectivity index (χ1) is 8.64. The Hall–Kier alpha value is -0.810. The van der Waals surface area contributed by atoms with Crippen LogP contribution in [0.2, 0.25) is 5.15 Å². The Kier molecular flexibility index (Phi) is 4.12. The Labute approximate surface area is 115 Å². The number of nitrogens with zero attached hydrogens (tertiary/aromatic N) is 2. The Bertz CT molecular complexity index is 463. The zero-order valence-electron chi connectivity index (χ0n) is 10.4. The molecule has 0 N–H and O–H groups in total. The Morgan fingerprint density at radius 1 is 1.61 bits per heavy atom. The van der Waals surface area contributed by atoms with E-state index in [1.807, 2.05) is 6.26 Å². The van der Waals surface area contributed by atoms with Crippen LogP contribution < -0.4 is 0 Å². The zero-order chi connectivity index (χ0) is 13.2. The van der Waals surface area contributed by atoms with Crippen LogP contribution in [0.15, 0.2) is 11.4 Å². The fourth-order valence-electron chi connectivity index (χ4n) is 2.15. The minimum absolute atomic E-state index is 0.210. The summed E-state index contributed by atoms with van der Waals surface area (Å²) < 4.78 is 5.16. The highest BCUT2D eigenvalue weighted by molar-refractivity contribution is 7.98. The molecule has 0 saturated heterocycles. The second-order valence-corrected chi connectivity index (χ2v) is 5.35. The number of esters is 1. The largest absolute Gasteiger partial charge is 0.465 e. The van der Waals surface area contributed by atoms with Gasteiger partial charge in [0.15, 0.2) is 5.16 Å². The standard InChI is InChI=1S/C12H15ClN2O2S/c1-3-17-10(16)12(5-4-6-12)8-7-14-11(18-2)15-9(8)13/h7H,3-6H2,1-2H3. The highest BCUT2D eigenvalue weighted by Gasteiger charge is 2.48. The van der Waals surface area contributed by atoms with Crippen molar-refractivity contribution in [2.75, 3.05) is 12.9 Å². The van der Waals surface area contributed by atoms with Gasteiger partial charge in [-0.05, 0) is 26.0 Å². The zero-order valence-corrected chi connectivity index (χ0v) is 12.0. The van der Waals surface area contributed by atoms with Crippen molar-refractivity contribution < 1.29 is 9.53 Å². The molecule has 1 aliphatic carbocycles. The number of thioether (sulfide) groups is 1. The lowest BCUT2D eigenvalue weighted by Gasteiger charge is -2.39. The van der Waals surface area contributed by atoms with Crippen LogP contribution in [0.3, 0.4) is 0 Å². The van der Waals surface area contributed by atoms with E-state index in [1.165, 1.54) is 11.8 Å². The van der Waals surface area contributed by atoms with Gasteiger partial charge in [0.25, 0.3) is 0 Å². The van der Waals surface area contributed by atoms with Crippen molar-refractivity contribution in [3.05, 3.63) is 16.9 Å². The molecule has 1 aromatic rings. The molecule has 0 spiro atoms. The van der Waals surface area contributed by atoms with E-state index in [9.17, 15) is 4.79 Å². The third-order valence-corrected chi connectivity index (χ3v) is 4.14. The highest BCUT2D eigenvalue weighted by atomic mass is 35.5. The first kappa shape index (κ1) is 13.6. The summed E-state index contributed by atoms with van der Waals surface area (Å²) in [4.78, 5) is 20.5. The minimum Gasteiger partial charge on any atom is -0.465 e. The average Bonchev–Trinajstić information content (AvgIpc) is 2.30. The molecular weight excluding hydrogens is 272 g/mol.